The van der Waals surface area contributed by atoms with Gasteiger partial charge in [-0.2, -0.15) is 0 Å². The van der Waals surface area contributed by atoms with Gasteiger partial charge in [-0.05, 0) is 59.2 Å². The van der Waals surface area contributed by atoms with Crippen LogP contribution in [-0.2, 0) is 29.5 Å². The van der Waals surface area contributed by atoms with Gasteiger partial charge < -0.3 is 14.7 Å². The Morgan fingerprint density at radius 1 is 0.972 bits per heavy atom. The molecule has 0 spiro atoms. The third-order valence-electron chi connectivity index (χ3n) is 6.75. The van der Waals surface area contributed by atoms with E-state index in [-0.39, 0.29) is 17.9 Å². The molecule has 0 aromatic heterocycles. The van der Waals surface area contributed by atoms with Crippen molar-refractivity contribution in [2.75, 3.05) is 13.1 Å². The average molecular weight is 486 g/mol. The number of carboxylic acids is 1. The fourth-order valence-electron chi connectivity index (χ4n) is 4.81. The van der Waals surface area contributed by atoms with Gasteiger partial charge in [0.1, 0.15) is 17.9 Å². The zero-order chi connectivity index (χ0) is 25.9. The minimum absolute atomic E-state index is 0.112. The number of hydrogen-bond acceptors (Lipinski definition) is 3. The zero-order valence-electron chi connectivity index (χ0n) is 21.6. The summed E-state index contributed by atoms with van der Waals surface area (Å²) < 4.78 is 6.34. The second kappa shape index (κ2) is 10.2. The van der Waals surface area contributed by atoms with Crippen LogP contribution in [0.15, 0.2) is 72.8 Å². The maximum Gasteiger partial charge on any atom is 0.323 e. The minimum atomic E-state index is -1.02. The molecular weight excluding hydrogens is 450 g/mol. The fourth-order valence-corrected chi connectivity index (χ4v) is 4.81. The Kier molecular flexibility index (Phi) is 7.21. The maximum atomic E-state index is 13.3. The molecule has 5 nitrogen and oxygen atoms in total. The summed E-state index contributed by atoms with van der Waals surface area (Å²) in [5.74, 6) is -0.511. The van der Waals surface area contributed by atoms with Crippen molar-refractivity contribution in [3.8, 4) is 5.75 Å². The van der Waals surface area contributed by atoms with Gasteiger partial charge in [-0.3, -0.25) is 9.59 Å². The molecule has 1 heterocycles. The first kappa shape index (κ1) is 25.5. The molecule has 4 rings (SSSR count). The number of nitrogens with zero attached hydrogens (tertiary/aromatic N) is 1. The average Bonchev–Trinajstić information content (AvgIpc) is 3.16. The largest absolute Gasteiger partial charge is 0.487 e. The second-order valence-corrected chi connectivity index (χ2v) is 11.0. The van der Waals surface area contributed by atoms with Crippen molar-refractivity contribution in [2.45, 2.75) is 58.0 Å². The van der Waals surface area contributed by atoms with Crippen LogP contribution in [0.25, 0.3) is 0 Å². The van der Waals surface area contributed by atoms with Crippen LogP contribution in [0.5, 0.6) is 5.75 Å². The number of carbonyl (C=O) groups excluding carboxylic acids is 1. The molecule has 0 saturated carbocycles. The van der Waals surface area contributed by atoms with E-state index in [4.69, 9.17) is 4.74 Å². The highest BCUT2D eigenvalue weighted by Gasteiger charge is 2.35. The number of aliphatic carboxylic acids is 1. The van der Waals surface area contributed by atoms with Crippen LogP contribution in [0.3, 0.4) is 0 Å². The molecule has 5 heteroatoms. The fraction of sp³-hybridized carbons (Fsp3) is 0.355. The monoisotopic (exact) mass is 485 g/mol. The molecule has 0 bridgehead atoms. The number of fused-ring (bicyclic) bond motifs is 1. The first-order valence-electron chi connectivity index (χ1n) is 12.5. The highest BCUT2D eigenvalue weighted by Crippen LogP contribution is 2.38. The molecule has 1 amide bonds. The van der Waals surface area contributed by atoms with Crippen molar-refractivity contribution in [3.63, 3.8) is 0 Å². The Balaban J connectivity index is 1.46. The van der Waals surface area contributed by atoms with Crippen LogP contribution < -0.4 is 4.74 Å². The summed E-state index contributed by atoms with van der Waals surface area (Å²) in [6, 6.07) is 23.9. The summed E-state index contributed by atoms with van der Waals surface area (Å²) in [5.41, 5.74) is 4.76. The molecule has 0 fully saturated rings. The summed E-state index contributed by atoms with van der Waals surface area (Å²) in [5, 5.41) is 9.39. The van der Waals surface area contributed by atoms with Gasteiger partial charge in [0.25, 0.3) is 5.91 Å². The predicted molar refractivity (Wildman–Crippen MR) is 142 cm³/mol. The number of hydrogen-bond donors (Lipinski definition) is 1. The lowest BCUT2D eigenvalue weighted by molar-refractivity contribution is -0.137. The van der Waals surface area contributed by atoms with Crippen LogP contribution in [-0.4, -0.2) is 40.6 Å². The predicted octanol–water partition coefficient (Wildman–Crippen LogP) is 5.69. The van der Waals surface area contributed by atoms with Crippen LogP contribution in [0.2, 0.25) is 0 Å². The standard InChI is InChI=1S/C31H35NO4/c1-30(2,3)26-13-10-23(11-14-26)19-31(4)20-25-18-24(12-15-27(25)36-31)29(35)32(21-28(33)34)17-16-22-8-6-5-7-9-22/h5-15,18H,16-17,19-21H2,1-4H3,(H,33,34)/t31-/m0/s1. The molecule has 3 aromatic carbocycles. The molecule has 1 atom stereocenters. The number of rotatable bonds is 8. The van der Waals surface area contributed by atoms with E-state index in [1.165, 1.54) is 16.0 Å². The maximum absolute atomic E-state index is 13.3. The van der Waals surface area contributed by atoms with Crippen LogP contribution in [0.1, 0.15) is 60.3 Å². The highest BCUT2D eigenvalue weighted by molar-refractivity contribution is 5.96. The lowest BCUT2D eigenvalue weighted by Gasteiger charge is -2.25. The Morgan fingerprint density at radius 3 is 2.31 bits per heavy atom. The Hall–Kier alpha value is -3.60. The lowest BCUT2D eigenvalue weighted by Crippen LogP contribution is -2.37. The Labute approximate surface area is 213 Å². The normalized spacial score (nSPS) is 16.8. The Bertz CT molecular complexity index is 1230. The van der Waals surface area contributed by atoms with Crippen LogP contribution in [0.4, 0.5) is 0 Å². The van der Waals surface area contributed by atoms with Crippen molar-refractivity contribution in [2.24, 2.45) is 0 Å². The van der Waals surface area contributed by atoms with Gasteiger partial charge >= 0.3 is 5.97 Å². The van der Waals surface area contributed by atoms with E-state index in [2.05, 4.69) is 52.0 Å². The van der Waals surface area contributed by atoms with Crippen LogP contribution >= 0.6 is 0 Å². The van der Waals surface area contributed by atoms with Crippen molar-refractivity contribution in [1.29, 1.82) is 0 Å². The van der Waals surface area contributed by atoms with E-state index in [9.17, 15) is 14.7 Å². The summed E-state index contributed by atoms with van der Waals surface area (Å²) in [6.45, 7) is 8.73. The van der Waals surface area contributed by atoms with Gasteiger partial charge in [0.2, 0.25) is 0 Å². The molecule has 3 aromatic rings. The third kappa shape index (κ3) is 6.14. The van der Waals surface area contributed by atoms with Crippen molar-refractivity contribution in [1.82, 2.24) is 4.90 Å². The number of amides is 1. The minimum Gasteiger partial charge on any atom is -0.487 e. The molecule has 0 radical (unpaired) electrons. The molecule has 188 valence electrons. The van der Waals surface area contributed by atoms with Gasteiger partial charge in [-0.15, -0.1) is 0 Å². The SMILES string of the molecule is CC(C)(C)c1ccc(C[C@@]2(C)Cc3cc(C(=O)N(CCc4ccccc4)CC(=O)O)ccc3O2)cc1. The highest BCUT2D eigenvalue weighted by atomic mass is 16.5. The van der Waals surface area contributed by atoms with E-state index < -0.39 is 11.6 Å². The summed E-state index contributed by atoms with van der Waals surface area (Å²) in [4.78, 5) is 26.2. The summed E-state index contributed by atoms with van der Waals surface area (Å²) >= 11 is 0. The number of ether oxygens (including phenoxy) is 1. The number of carbonyl (C=O) groups is 2. The molecule has 0 unspecified atom stereocenters. The molecule has 1 aliphatic rings. The third-order valence-corrected chi connectivity index (χ3v) is 6.75. The molecular formula is C31H35NO4. The molecule has 1 N–H and O–H groups in total. The van der Waals surface area contributed by atoms with E-state index in [0.717, 1.165) is 23.3 Å². The van der Waals surface area contributed by atoms with Crippen LogP contribution in [0, 0.1) is 0 Å². The number of carboxylic acid groups (broad SMARTS) is 1. The Morgan fingerprint density at radius 2 is 1.67 bits per heavy atom. The van der Waals surface area contributed by atoms with Gasteiger partial charge in [0, 0.05) is 24.9 Å². The van der Waals surface area contributed by atoms with Gasteiger partial charge in [0.15, 0.2) is 0 Å². The number of benzene rings is 3. The van der Waals surface area contributed by atoms with E-state index >= 15 is 0 Å². The topological polar surface area (TPSA) is 66.8 Å². The summed E-state index contributed by atoms with van der Waals surface area (Å²) in [7, 11) is 0. The smallest absolute Gasteiger partial charge is 0.323 e. The van der Waals surface area contributed by atoms with Crippen molar-refractivity contribution in [3.05, 3.63) is 101 Å². The quantitative estimate of drug-likeness (QED) is 0.445. The first-order chi connectivity index (χ1) is 17.0. The van der Waals surface area contributed by atoms with E-state index in [0.29, 0.717) is 24.9 Å². The molecule has 0 aliphatic carbocycles. The second-order valence-electron chi connectivity index (χ2n) is 11.0. The van der Waals surface area contributed by atoms with Gasteiger partial charge in [-0.1, -0.05) is 75.4 Å². The van der Waals surface area contributed by atoms with Crippen molar-refractivity contribution < 1.29 is 19.4 Å². The first-order valence-corrected chi connectivity index (χ1v) is 12.5. The van der Waals surface area contributed by atoms with Gasteiger partial charge in [-0.25, -0.2) is 0 Å². The molecule has 1 aliphatic heterocycles. The summed E-state index contributed by atoms with van der Waals surface area (Å²) in [6.07, 6.45) is 2.05. The van der Waals surface area contributed by atoms with E-state index in [1.807, 2.05) is 42.5 Å². The molecule has 0 saturated heterocycles. The van der Waals surface area contributed by atoms with Crippen molar-refractivity contribution >= 4 is 11.9 Å². The lowest BCUT2D eigenvalue weighted by atomic mass is 9.85. The zero-order valence-corrected chi connectivity index (χ0v) is 21.6. The van der Waals surface area contributed by atoms with E-state index in [1.54, 1.807) is 6.07 Å². The molecule has 36 heavy (non-hydrogen) atoms. The van der Waals surface area contributed by atoms with Gasteiger partial charge in [0.05, 0.1) is 0 Å².